The van der Waals surface area contributed by atoms with Gasteiger partial charge in [0.1, 0.15) is 0 Å². The Morgan fingerprint density at radius 3 is 2.88 bits per heavy atom. The highest BCUT2D eigenvalue weighted by Gasteiger charge is 2.08. The van der Waals surface area contributed by atoms with Crippen molar-refractivity contribution in [2.45, 2.75) is 19.5 Å². The van der Waals surface area contributed by atoms with Crippen molar-refractivity contribution in [3.8, 4) is 0 Å². The van der Waals surface area contributed by atoms with Gasteiger partial charge in [0.25, 0.3) is 0 Å². The number of esters is 1. The van der Waals surface area contributed by atoms with Crippen LogP contribution in [0.3, 0.4) is 0 Å². The zero-order valence-corrected chi connectivity index (χ0v) is 9.85. The molecule has 2 rings (SSSR count). The molecule has 0 saturated heterocycles. The number of benzene rings is 1. The van der Waals surface area contributed by atoms with E-state index in [0.717, 1.165) is 16.5 Å². The first kappa shape index (κ1) is 11.7. The Labute approximate surface area is 100.0 Å². The molecule has 0 aliphatic carbocycles. The molecule has 0 amide bonds. The Hall–Kier alpha value is -1.81. The summed E-state index contributed by atoms with van der Waals surface area (Å²) in [5.74, 6) is -0.197. The molecule has 90 valence electrons. The van der Waals surface area contributed by atoms with Crippen molar-refractivity contribution in [2.75, 3.05) is 7.11 Å². The van der Waals surface area contributed by atoms with Gasteiger partial charge in [-0.1, -0.05) is 18.2 Å². The van der Waals surface area contributed by atoms with Crippen LogP contribution in [0.25, 0.3) is 10.9 Å². The number of nitrogens with zero attached hydrogens (tertiary/aromatic N) is 1. The molecule has 0 aliphatic heterocycles. The van der Waals surface area contributed by atoms with E-state index in [1.807, 2.05) is 30.5 Å². The topological polar surface area (TPSA) is 57.2 Å². The monoisotopic (exact) mass is 232 g/mol. The van der Waals surface area contributed by atoms with Crippen LogP contribution in [0.4, 0.5) is 0 Å². The second-order valence-electron chi connectivity index (χ2n) is 3.90. The van der Waals surface area contributed by atoms with E-state index in [1.54, 1.807) is 0 Å². The highest BCUT2D eigenvalue weighted by molar-refractivity contribution is 5.84. The molecular formula is C13H16N2O2. The number of hydrogen-bond acceptors (Lipinski definition) is 3. The summed E-state index contributed by atoms with van der Waals surface area (Å²) in [7, 11) is 1.40. The van der Waals surface area contributed by atoms with Crippen molar-refractivity contribution < 1.29 is 9.53 Å². The minimum Gasteiger partial charge on any atom is -0.469 e. The van der Waals surface area contributed by atoms with E-state index in [0.29, 0.717) is 19.5 Å². The second kappa shape index (κ2) is 5.01. The second-order valence-corrected chi connectivity index (χ2v) is 3.90. The van der Waals surface area contributed by atoms with Crippen LogP contribution in [-0.2, 0) is 22.6 Å². The molecular weight excluding hydrogens is 216 g/mol. The predicted octanol–water partition coefficient (Wildman–Crippen LogP) is 1.66. The third kappa shape index (κ3) is 2.31. The van der Waals surface area contributed by atoms with Crippen LogP contribution in [0, 0.1) is 0 Å². The maximum absolute atomic E-state index is 11.1. The fourth-order valence-electron chi connectivity index (χ4n) is 1.98. The molecule has 0 saturated carbocycles. The van der Waals surface area contributed by atoms with Gasteiger partial charge in [-0.25, -0.2) is 0 Å². The van der Waals surface area contributed by atoms with Gasteiger partial charge in [0.2, 0.25) is 0 Å². The molecule has 0 bridgehead atoms. The van der Waals surface area contributed by atoms with E-state index in [-0.39, 0.29) is 5.97 Å². The summed E-state index contributed by atoms with van der Waals surface area (Å²) in [6, 6.07) is 8.06. The van der Waals surface area contributed by atoms with Crippen molar-refractivity contribution in [1.29, 1.82) is 0 Å². The quantitative estimate of drug-likeness (QED) is 0.816. The Kier molecular flexibility index (Phi) is 3.44. The summed E-state index contributed by atoms with van der Waals surface area (Å²) < 4.78 is 6.69. The average molecular weight is 232 g/mol. The summed E-state index contributed by atoms with van der Waals surface area (Å²) in [6.45, 7) is 1.12. The van der Waals surface area contributed by atoms with Gasteiger partial charge in [-0.3, -0.25) is 4.79 Å². The lowest BCUT2D eigenvalue weighted by Gasteiger charge is -2.03. The number of hydrogen-bond donors (Lipinski definition) is 1. The van der Waals surface area contributed by atoms with Gasteiger partial charge in [-0.05, 0) is 11.6 Å². The molecule has 1 heterocycles. The zero-order chi connectivity index (χ0) is 12.3. The number of nitrogens with two attached hydrogens (primary N) is 1. The number of carbonyl (C=O) groups is 1. The largest absolute Gasteiger partial charge is 0.469 e. The Morgan fingerprint density at radius 1 is 1.41 bits per heavy atom. The Balaban J connectivity index is 2.31. The average Bonchev–Trinajstić information content (AvgIpc) is 2.74. The molecule has 0 fully saturated rings. The van der Waals surface area contributed by atoms with Crippen molar-refractivity contribution in [1.82, 2.24) is 4.57 Å². The number of ether oxygens (including phenoxy) is 1. The van der Waals surface area contributed by atoms with Crippen molar-refractivity contribution in [2.24, 2.45) is 5.73 Å². The third-order valence-corrected chi connectivity index (χ3v) is 2.88. The predicted molar refractivity (Wildman–Crippen MR) is 66.5 cm³/mol. The summed E-state index contributed by atoms with van der Waals surface area (Å²) in [5.41, 5.74) is 7.92. The first-order valence-corrected chi connectivity index (χ1v) is 5.60. The summed E-state index contributed by atoms with van der Waals surface area (Å²) in [5, 5.41) is 1.15. The van der Waals surface area contributed by atoms with Crippen molar-refractivity contribution in [3.63, 3.8) is 0 Å². The van der Waals surface area contributed by atoms with E-state index in [9.17, 15) is 4.79 Å². The van der Waals surface area contributed by atoms with Crippen LogP contribution in [0.2, 0.25) is 0 Å². The highest BCUT2D eigenvalue weighted by atomic mass is 16.5. The number of aryl methyl sites for hydroxylation is 1. The Morgan fingerprint density at radius 2 is 2.18 bits per heavy atom. The maximum Gasteiger partial charge on any atom is 0.307 e. The van der Waals surface area contributed by atoms with Crippen LogP contribution >= 0.6 is 0 Å². The summed E-state index contributed by atoms with van der Waals surface area (Å²) in [6.07, 6.45) is 2.38. The maximum atomic E-state index is 11.1. The van der Waals surface area contributed by atoms with Crippen molar-refractivity contribution >= 4 is 16.9 Å². The van der Waals surface area contributed by atoms with Gasteiger partial charge in [0.15, 0.2) is 0 Å². The number of carbonyl (C=O) groups excluding carboxylic acids is 1. The lowest BCUT2D eigenvalue weighted by molar-refractivity contribution is -0.140. The van der Waals surface area contributed by atoms with Crippen molar-refractivity contribution in [3.05, 3.63) is 36.0 Å². The van der Waals surface area contributed by atoms with Gasteiger partial charge in [-0.15, -0.1) is 0 Å². The molecule has 1 aromatic carbocycles. The SMILES string of the molecule is COC(=O)CCn1cc(CN)c2ccccc21. The number of aromatic nitrogens is 1. The molecule has 2 aromatic rings. The zero-order valence-electron chi connectivity index (χ0n) is 9.85. The number of para-hydroxylation sites is 1. The highest BCUT2D eigenvalue weighted by Crippen LogP contribution is 2.21. The number of rotatable bonds is 4. The lowest BCUT2D eigenvalue weighted by atomic mass is 10.2. The molecule has 17 heavy (non-hydrogen) atoms. The molecule has 4 nitrogen and oxygen atoms in total. The van der Waals surface area contributed by atoms with Gasteiger partial charge < -0.3 is 15.0 Å². The number of methoxy groups -OCH3 is 1. The standard InChI is InChI=1S/C13H16N2O2/c1-17-13(16)6-7-15-9-10(8-14)11-4-2-3-5-12(11)15/h2-5,9H,6-8,14H2,1H3. The van der Waals surface area contributed by atoms with Gasteiger partial charge in [0.05, 0.1) is 13.5 Å². The van der Waals surface area contributed by atoms with Crippen LogP contribution in [0.1, 0.15) is 12.0 Å². The lowest BCUT2D eigenvalue weighted by Crippen LogP contribution is -2.06. The molecule has 0 spiro atoms. The van der Waals surface area contributed by atoms with Gasteiger partial charge >= 0.3 is 5.97 Å². The fourth-order valence-corrected chi connectivity index (χ4v) is 1.98. The van der Waals surface area contributed by atoms with E-state index in [1.165, 1.54) is 7.11 Å². The summed E-state index contributed by atoms with van der Waals surface area (Å²) >= 11 is 0. The third-order valence-electron chi connectivity index (χ3n) is 2.88. The van der Waals surface area contributed by atoms with E-state index >= 15 is 0 Å². The fraction of sp³-hybridized carbons (Fsp3) is 0.308. The van der Waals surface area contributed by atoms with Crippen LogP contribution < -0.4 is 5.73 Å². The number of fused-ring (bicyclic) bond motifs is 1. The molecule has 2 N–H and O–H groups in total. The van der Waals surface area contributed by atoms with E-state index < -0.39 is 0 Å². The van der Waals surface area contributed by atoms with E-state index in [4.69, 9.17) is 5.73 Å². The molecule has 0 aliphatic rings. The molecule has 4 heteroatoms. The molecule has 0 atom stereocenters. The van der Waals surface area contributed by atoms with Crippen LogP contribution in [0.15, 0.2) is 30.5 Å². The normalized spacial score (nSPS) is 10.7. The minimum absolute atomic E-state index is 0.197. The van der Waals surface area contributed by atoms with Gasteiger partial charge in [0, 0.05) is 30.2 Å². The first-order chi connectivity index (χ1) is 8.26. The van der Waals surface area contributed by atoms with E-state index in [2.05, 4.69) is 9.30 Å². The first-order valence-electron chi connectivity index (χ1n) is 5.60. The molecule has 1 aromatic heterocycles. The molecule has 0 radical (unpaired) electrons. The minimum atomic E-state index is -0.197. The summed E-state index contributed by atoms with van der Waals surface area (Å²) in [4.78, 5) is 11.1. The van der Waals surface area contributed by atoms with Crippen LogP contribution in [-0.4, -0.2) is 17.6 Å². The molecule has 0 unspecified atom stereocenters. The van der Waals surface area contributed by atoms with Gasteiger partial charge in [-0.2, -0.15) is 0 Å². The van der Waals surface area contributed by atoms with Crippen LogP contribution in [0.5, 0.6) is 0 Å². The smallest absolute Gasteiger partial charge is 0.307 e. The Bertz CT molecular complexity index is 531.